The van der Waals surface area contributed by atoms with Gasteiger partial charge in [0.1, 0.15) is 0 Å². The molecule has 0 saturated carbocycles. The summed E-state index contributed by atoms with van der Waals surface area (Å²) in [4.78, 5) is 22.3. The number of nitrogens with zero attached hydrogens (tertiary/aromatic N) is 4. The van der Waals surface area contributed by atoms with Gasteiger partial charge >= 0.3 is 0 Å². The van der Waals surface area contributed by atoms with Gasteiger partial charge < -0.3 is 5.32 Å². The summed E-state index contributed by atoms with van der Waals surface area (Å²) in [6.07, 6.45) is 1.60. The van der Waals surface area contributed by atoms with E-state index >= 15 is 0 Å². The van der Waals surface area contributed by atoms with Gasteiger partial charge in [-0.1, -0.05) is 41.0 Å². The molecule has 3 aromatic rings. The minimum atomic E-state index is -0.528. The lowest BCUT2D eigenvalue weighted by Crippen LogP contribution is -2.14. The molecule has 0 fully saturated rings. The Bertz CT molecular complexity index is 978. The van der Waals surface area contributed by atoms with Crippen LogP contribution in [0.1, 0.15) is 0 Å². The van der Waals surface area contributed by atoms with Crippen molar-refractivity contribution in [2.75, 3.05) is 11.1 Å². The van der Waals surface area contributed by atoms with Crippen LogP contribution < -0.4 is 5.32 Å². The van der Waals surface area contributed by atoms with Crippen LogP contribution in [0, 0.1) is 10.1 Å². The normalized spacial score (nSPS) is 10.8. The van der Waals surface area contributed by atoms with E-state index in [0.29, 0.717) is 26.5 Å². The number of nitro benzene ring substituents is 1. The number of carbonyl (C=O) groups is 1. The van der Waals surface area contributed by atoms with E-state index in [0.717, 1.165) is 11.8 Å². The molecule has 0 saturated heterocycles. The SMILES string of the molecule is O=C(CSc1nnc2c(Cl)cc(Cl)cn12)Nc1cccc([N+](=O)[O-])c1. The van der Waals surface area contributed by atoms with Gasteiger partial charge in [-0.3, -0.25) is 19.3 Å². The van der Waals surface area contributed by atoms with Crippen LogP contribution in [0.3, 0.4) is 0 Å². The third-order valence-electron chi connectivity index (χ3n) is 3.07. The van der Waals surface area contributed by atoms with E-state index in [2.05, 4.69) is 15.5 Å². The molecule has 1 aromatic carbocycles. The van der Waals surface area contributed by atoms with Crippen molar-refractivity contribution in [3.05, 3.63) is 56.7 Å². The number of aromatic nitrogens is 3. The summed E-state index contributed by atoms with van der Waals surface area (Å²) in [5.41, 5.74) is 0.683. The largest absolute Gasteiger partial charge is 0.325 e. The second-order valence-electron chi connectivity index (χ2n) is 4.83. The maximum Gasteiger partial charge on any atom is 0.271 e. The minimum absolute atomic E-state index is 0.0353. The van der Waals surface area contributed by atoms with Crippen LogP contribution in [0.4, 0.5) is 11.4 Å². The van der Waals surface area contributed by atoms with Crippen molar-refractivity contribution in [2.45, 2.75) is 5.16 Å². The molecule has 0 radical (unpaired) electrons. The van der Waals surface area contributed by atoms with Crippen LogP contribution in [-0.4, -0.2) is 31.2 Å². The molecule has 0 aliphatic heterocycles. The van der Waals surface area contributed by atoms with Gasteiger partial charge in [0.25, 0.3) is 5.69 Å². The van der Waals surface area contributed by atoms with Gasteiger partial charge in [-0.25, -0.2) is 0 Å². The van der Waals surface area contributed by atoms with E-state index in [9.17, 15) is 14.9 Å². The number of halogens is 2. The Morgan fingerprint density at radius 2 is 2.12 bits per heavy atom. The minimum Gasteiger partial charge on any atom is -0.325 e. The van der Waals surface area contributed by atoms with E-state index in [1.54, 1.807) is 22.7 Å². The molecule has 2 aromatic heterocycles. The van der Waals surface area contributed by atoms with Gasteiger partial charge in [0, 0.05) is 24.0 Å². The summed E-state index contributed by atoms with van der Waals surface area (Å²) in [6.45, 7) is 0. The second-order valence-corrected chi connectivity index (χ2v) is 6.61. The smallest absolute Gasteiger partial charge is 0.271 e. The molecule has 1 amide bonds. The first-order valence-electron chi connectivity index (χ1n) is 6.81. The first kappa shape index (κ1) is 17.5. The van der Waals surface area contributed by atoms with Crippen molar-refractivity contribution >= 4 is 57.9 Å². The Hall–Kier alpha value is -2.36. The number of rotatable bonds is 5. The fraction of sp³-hybridized carbons (Fsp3) is 0.0714. The first-order valence-corrected chi connectivity index (χ1v) is 8.55. The van der Waals surface area contributed by atoms with Gasteiger partial charge in [0.05, 0.1) is 20.7 Å². The molecule has 25 heavy (non-hydrogen) atoms. The summed E-state index contributed by atoms with van der Waals surface area (Å²) in [5, 5.41) is 22.5. The summed E-state index contributed by atoms with van der Waals surface area (Å²) in [7, 11) is 0. The lowest BCUT2D eigenvalue weighted by molar-refractivity contribution is -0.384. The van der Waals surface area contributed by atoms with E-state index in [1.165, 1.54) is 18.2 Å². The van der Waals surface area contributed by atoms with E-state index < -0.39 is 4.92 Å². The van der Waals surface area contributed by atoms with Crippen molar-refractivity contribution < 1.29 is 9.72 Å². The highest BCUT2D eigenvalue weighted by molar-refractivity contribution is 7.99. The molecular formula is C14H9Cl2N5O3S. The zero-order valence-electron chi connectivity index (χ0n) is 12.3. The Balaban J connectivity index is 1.69. The van der Waals surface area contributed by atoms with E-state index in [4.69, 9.17) is 23.2 Å². The molecule has 11 heteroatoms. The van der Waals surface area contributed by atoms with Gasteiger partial charge in [0.2, 0.25) is 5.91 Å². The van der Waals surface area contributed by atoms with Crippen molar-refractivity contribution in [1.29, 1.82) is 0 Å². The third-order valence-corrected chi connectivity index (χ3v) is 4.50. The van der Waals surface area contributed by atoms with Crippen molar-refractivity contribution in [1.82, 2.24) is 14.6 Å². The number of nitro groups is 1. The average Bonchev–Trinajstić information content (AvgIpc) is 2.96. The van der Waals surface area contributed by atoms with Gasteiger partial charge in [0.15, 0.2) is 10.8 Å². The summed E-state index contributed by atoms with van der Waals surface area (Å²) < 4.78 is 1.59. The van der Waals surface area contributed by atoms with Crippen LogP contribution in [0.5, 0.6) is 0 Å². The molecule has 0 spiro atoms. The Kier molecular flexibility index (Phi) is 5.07. The van der Waals surface area contributed by atoms with Crippen molar-refractivity contribution in [2.24, 2.45) is 0 Å². The number of thioether (sulfide) groups is 1. The summed E-state index contributed by atoms with van der Waals surface area (Å²) in [6, 6.07) is 7.25. The maximum absolute atomic E-state index is 12.0. The molecule has 2 heterocycles. The molecule has 0 aliphatic rings. The van der Waals surface area contributed by atoms with Crippen LogP contribution in [0.15, 0.2) is 41.7 Å². The molecule has 0 aliphatic carbocycles. The molecule has 1 N–H and O–H groups in total. The maximum atomic E-state index is 12.0. The Labute approximate surface area is 155 Å². The lowest BCUT2D eigenvalue weighted by Gasteiger charge is -2.05. The Morgan fingerprint density at radius 3 is 2.88 bits per heavy atom. The number of non-ortho nitro benzene ring substituents is 1. The summed E-state index contributed by atoms with van der Waals surface area (Å²) in [5.74, 6) is -0.302. The molecule has 0 bridgehead atoms. The van der Waals surface area contributed by atoms with Crippen molar-refractivity contribution in [3.8, 4) is 0 Å². The predicted octanol–water partition coefficient (Wildman–Crippen LogP) is 3.68. The fourth-order valence-electron chi connectivity index (χ4n) is 2.03. The quantitative estimate of drug-likeness (QED) is 0.400. The summed E-state index contributed by atoms with van der Waals surface area (Å²) >= 11 is 13.1. The zero-order chi connectivity index (χ0) is 18.0. The van der Waals surface area contributed by atoms with Crippen LogP contribution in [0.25, 0.3) is 5.65 Å². The second kappa shape index (κ2) is 7.26. The average molecular weight is 398 g/mol. The topological polar surface area (TPSA) is 102 Å². The highest BCUT2D eigenvalue weighted by atomic mass is 35.5. The van der Waals surface area contributed by atoms with Gasteiger partial charge in [-0.15, -0.1) is 10.2 Å². The number of hydrogen-bond donors (Lipinski definition) is 1. The molecule has 0 unspecified atom stereocenters. The number of amides is 1. The highest BCUT2D eigenvalue weighted by Crippen LogP contribution is 2.25. The standard InChI is InChI=1S/C14H9Cl2N5O3S/c15-8-4-11(16)13-18-19-14(20(13)6-8)25-7-12(22)17-9-2-1-3-10(5-9)21(23)24/h1-6H,7H2,(H,17,22). The monoisotopic (exact) mass is 397 g/mol. The zero-order valence-corrected chi connectivity index (χ0v) is 14.7. The molecule has 3 rings (SSSR count). The molecule has 0 atom stereocenters. The first-order chi connectivity index (χ1) is 11.9. The highest BCUT2D eigenvalue weighted by Gasteiger charge is 2.13. The van der Waals surface area contributed by atoms with Crippen LogP contribution >= 0.6 is 35.0 Å². The number of hydrogen-bond acceptors (Lipinski definition) is 6. The van der Waals surface area contributed by atoms with Crippen molar-refractivity contribution in [3.63, 3.8) is 0 Å². The molecule has 8 nitrogen and oxygen atoms in total. The number of fused-ring (bicyclic) bond motifs is 1. The number of carbonyl (C=O) groups excluding carboxylic acids is 1. The number of anilines is 1. The van der Waals surface area contributed by atoms with Gasteiger partial charge in [-0.05, 0) is 12.1 Å². The lowest BCUT2D eigenvalue weighted by atomic mass is 10.3. The molecular weight excluding hydrogens is 389 g/mol. The van der Waals surface area contributed by atoms with E-state index in [1.807, 2.05) is 0 Å². The fourth-order valence-corrected chi connectivity index (χ4v) is 3.24. The number of pyridine rings is 1. The number of benzene rings is 1. The molecule has 128 valence electrons. The van der Waals surface area contributed by atoms with Crippen LogP contribution in [0.2, 0.25) is 10.0 Å². The Morgan fingerprint density at radius 1 is 1.32 bits per heavy atom. The van der Waals surface area contributed by atoms with Crippen LogP contribution in [-0.2, 0) is 4.79 Å². The van der Waals surface area contributed by atoms with Gasteiger partial charge in [-0.2, -0.15) is 0 Å². The predicted molar refractivity (Wildman–Crippen MR) is 95.5 cm³/mol. The third kappa shape index (κ3) is 4.01. The number of nitrogens with one attached hydrogen (secondary N) is 1. The van der Waals surface area contributed by atoms with E-state index in [-0.39, 0.29) is 17.3 Å².